The molecule has 4 rings (SSSR count). The van der Waals surface area contributed by atoms with Gasteiger partial charge in [0, 0.05) is 57.3 Å². The third kappa shape index (κ3) is 5.14. The molecule has 0 N–H and O–H groups in total. The van der Waals surface area contributed by atoms with Crippen molar-refractivity contribution in [3.05, 3.63) is 65.2 Å². The Bertz CT molecular complexity index is 927. The Kier molecular flexibility index (Phi) is 7.13. The van der Waals surface area contributed by atoms with E-state index in [0.717, 1.165) is 45.4 Å². The van der Waals surface area contributed by atoms with Crippen molar-refractivity contribution in [3.63, 3.8) is 0 Å². The van der Waals surface area contributed by atoms with Crippen molar-refractivity contribution in [2.24, 2.45) is 5.92 Å². The molecule has 0 bridgehead atoms. The molecule has 0 atom stereocenters. The highest BCUT2D eigenvalue weighted by Gasteiger charge is 2.31. The first-order valence-corrected chi connectivity index (χ1v) is 11.9. The summed E-state index contributed by atoms with van der Waals surface area (Å²) in [5.41, 5.74) is 5.13. The molecular formula is C27H35N3O2. The number of hydrogen-bond donors (Lipinski definition) is 0. The van der Waals surface area contributed by atoms with Gasteiger partial charge in [-0.1, -0.05) is 42.5 Å². The molecule has 2 aliphatic heterocycles. The summed E-state index contributed by atoms with van der Waals surface area (Å²) in [6.45, 7) is 9.05. The van der Waals surface area contributed by atoms with E-state index < -0.39 is 0 Å². The van der Waals surface area contributed by atoms with Crippen LogP contribution in [0.3, 0.4) is 0 Å². The Morgan fingerprint density at radius 1 is 0.812 bits per heavy atom. The van der Waals surface area contributed by atoms with Crippen molar-refractivity contribution in [3.8, 4) is 0 Å². The summed E-state index contributed by atoms with van der Waals surface area (Å²) in [6.07, 6.45) is 2.90. The van der Waals surface area contributed by atoms with E-state index in [0.29, 0.717) is 19.5 Å². The molecule has 2 aliphatic rings. The first-order valence-electron chi connectivity index (χ1n) is 11.9. The van der Waals surface area contributed by atoms with Crippen LogP contribution < -0.4 is 4.90 Å². The van der Waals surface area contributed by atoms with Crippen molar-refractivity contribution in [2.75, 3.05) is 44.2 Å². The zero-order valence-corrected chi connectivity index (χ0v) is 19.4. The fourth-order valence-corrected chi connectivity index (χ4v) is 4.93. The average molecular weight is 434 g/mol. The van der Waals surface area contributed by atoms with Crippen LogP contribution in [-0.4, -0.2) is 60.9 Å². The molecule has 5 heteroatoms. The maximum absolute atomic E-state index is 13.1. The smallest absolute Gasteiger partial charge is 0.225 e. The first kappa shape index (κ1) is 22.4. The Hall–Kier alpha value is -2.82. The van der Waals surface area contributed by atoms with Crippen LogP contribution in [0.2, 0.25) is 0 Å². The molecule has 0 radical (unpaired) electrons. The predicted molar refractivity (Wildman–Crippen MR) is 129 cm³/mol. The van der Waals surface area contributed by atoms with E-state index in [2.05, 4.69) is 49.1 Å². The third-order valence-electron chi connectivity index (χ3n) is 7.18. The van der Waals surface area contributed by atoms with Gasteiger partial charge in [0.1, 0.15) is 0 Å². The number of piperazine rings is 1. The predicted octanol–water partition coefficient (Wildman–Crippen LogP) is 3.82. The van der Waals surface area contributed by atoms with Gasteiger partial charge in [-0.05, 0) is 55.9 Å². The van der Waals surface area contributed by atoms with Crippen LogP contribution >= 0.6 is 0 Å². The summed E-state index contributed by atoms with van der Waals surface area (Å²) in [5.74, 6) is 0.546. The van der Waals surface area contributed by atoms with E-state index in [1.54, 1.807) is 0 Å². The van der Waals surface area contributed by atoms with Crippen molar-refractivity contribution >= 4 is 17.5 Å². The van der Waals surface area contributed by atoms with Crippen LogP contribution in [0.15, 0.2) is 48.5 Å². The monoisotopic (exact) mass is 433 g/mol. The first-order chi connectivity index (χ1) is 15.5. The van der Waals surface area contributed by atoms with Gasteiger partial charge in [-0.3, -0.25) is 9.59 Å². The SMILES string of the molecule is Cc1cccc(N2CCN(C(=O)C3CCN(C(=O)CCc4ccccc4)CC3)CC2)c1C. The van der Waals surface area contributed by atoms with Crippen molar-refractivity contribution in [1.82, 2.24) is 9.80 Å². The summed E-state index contributed by atoms with van der Waals surface area (Å²) in [4.78, 5) is 32.1. The number of nitrogens with zero attached hydrogens (tertiary/aromatic N) is 3. The van der Waals surface area contributed by atoms with E-state index in [9.17, 15) is 9.59 Å². The number of hydrogen-bond acceptors (Lipinski definition) is 3. The molecule has 0 aliphatic carbocycles. The second-order valence-corrected chi connectivity index (χ2v) is 9.17. The Morgan fingerprint density at radius 3 is 2.19 bits per heavy atom. The van der Waals surface area contributed by atoms with Gasteiger partial charge in [0.25, 0.3) is 0 Å². The number of benzene rings is 2. The molecule has 32 heavy (non-hydrogen) atoms. The van der Waals surface area contributed by atoms with Crippen LogP contribution in [0, 0.1) is 19.8 Å². The highest BCUT2D eigenvalue weighted by Crippen LogP contribution is 2.26. The van der Waals surface area contributed by atoms with Crippen molar-refractivity contribution in [2.45, 2.75) is 39.5 Å². The third-order valence-corrected chi connectivity index (χ3v) is 7.18. The van der Waals surface area contributed by atoms with Crippen LogP contribution in [0.1, 0.15) is 36.0 Å². The van der Waals surface area contributed by atoms with Gasteiger partial charge in [0.05, 0.1) is 0 Å². The molecule has 2 aromatic rings. The number of carbonyl (C=O) groups is 2. The largest absolute Gasteiger partial charge is 0.368 e. The summed E-state index contributed by atoms with van der Waals surface area (Å²) >= 11 is 0. The summed E-state index contributed by atoms with van der Waals surface area (Å²) in [5, 5.41) is 0. The summed E-state index contributed by atoms with van der Waals surface area (Å²) < 4.78 is 0. The molecule has 0 saturated carbocycles. The lowest BCUT2D eigenvalue weighted by Crippen LogP contribution is -2.52. The lowest BCUT2D eigenvalue weighted by atomic mass is 9.94. The molecule has 0 unspecified atom stereocenters. The van der Waals surface area contributed by atoms with Crippen molar-refractivity contribution in [1.29, 1.82) is 0 Å². The molecule has 2 heterocycles. The van der Waals surface area contributed by atoms with Crippen LogP contribution in [0.5, 0.6) is 0 Å². The number of rotatable bonds is 5. The lowest BCUT2D eigenvalue weighted by Gasteiger charge is -2.40. The number of aryl methyl sites for hydroxylation is 2. The van der Waals surface area contributed by atoms with Gasteiger partial charge in [-0.2, -0.15) is 0 Å². The molecule has 2 amide bonds. The van der Waals surface area contributed by atoms with Gasteiger partial charge in [0.15, 0.2) is 0 Å². The topological polar surface area (TPSA) is 43.9 Å². The maximum Gasteiger partial charge on any atom is 0.225 e. The minimum absolute atomic E-state index is 0.0560. The van der Waals surface area contributed by atoms with Gasteiger partial charge < -0.3 is 14.7 Å². The van der Waals surface area contributed by atoms with Crippen LogP contribution in [0.4, 0.5) is 5.69 Å². The second kappa shape index (κ2) is 10.2. The molecule has 0 aromatic heterocycles. The Balaban J connectivity index is 1.22. The van der Waals surface area contributed by atoms with Gasteiger partial charge >= 0.3 is 0 Å². The van der Waals surface area contributed by atoms with E-state index >= 15 is 0 Å². The normalized spacial score (nSPS) is 17.5. The maximum atomic E-state index is 13.1. The molecule has 2 aromatic carbocycles. The summed E-state index contributed by atoms with van der Waals surface area (Å²) in [6, 6.07) is 16.6. The Morgan fingerprint density at radius 2 is 1.50 bits per heavy atom. The highest BCUT2D eigenvalue weighted by molar-refractivity contribution is 5.80. The lowest BCUT2D eigenvalue weighted by molar-refractivity contribution is -0.141. The van der Waals surface area contributed by atoms with E-state index in [1.807, 2.05) is 28.0 Å². The van der Waals surface area contributed by atoms with Gasteiger partial charge in [0.2, 0.25) is 11.8 Å². The Labute approximate surface area is 192 Å². The molecule has 170 valence electrons. The number of piperidine rings is 1. The molecule has 5 nitrogen and oxygen atoms in total. The standard InChI is InChI=1S/C27H35N3O2/c1-21-7-6-10-25(22(21)2)28-17-19-30(20-18-28)27(32)24-13-15-29(16-14-24)26(31)12-11-23-8-4-3-5-9-23/h3-10,24H,11-20H2,1-2H3. The van der Waals surface area contributed by atoms with Gasteiger partial charge in [-0.15, -0.1) is 0 Å². The van der Waals surface area contributed by atoms with Crippen LogP contribution in [-0.2, 0) is 16.0 Å². The average Bonchev–Trinajstić information content (AvgIpc) is 2.85. The van der Waals surface area contributed by atoms with E-state index in [4.69, 9.17) is 0 Å². The number of likely N-dealkylation sites (tertiary alicyclic amines) is 1. The zero-order valence-electron chi connectivity index (χ0n) is 19.4. The number of carbonyl (C=O) groups excluding carboxylic acids is 2. The number of anilines is 1. The van der Waals surface area contributed by atoms with Crippen molar-refractivity contribution < 1.29 is 9.59 Å². The van der Waals surface area contributed by atoms with Gasteiger partial charge in [-0.25, -0.2) is 0 Å². The van der Waals surface area contributed by atoms with E-state index in [-0.39, 0.29) is 17.7 Å². The molecule has 0 spiro atoms. The molecule has 2 fully saturated rings. The highest BCUT2D eigenvalue weighted by atomic mass is 16.2. The van der Waals surface area contributed by atoms with E-state index in [1.165, 1.54) is 22.4 Å². The zero-order chi connectivity index (χ0) is 22.5. The fourth-order valence-electron chi connectivity index (χ4n) is 4.93. The minimum Gasteiger partial charge on any atom is -0.368 e. The minimum atomic E-state index is 0.0560. The summed E-state index contributed by atoms with van der Waals surface area (Å²) in [7, 11) is 0. The van der Waals surface area contributed by atoms with Crippen LogP contribution in [0.25, 0.3) is 0 Å². The quantitative estimate of drug-likeness (QED) is 0.720. The second-order valence-electron chi connectivity index (χ2n) is 9.17. The molecule has 2 saturated heterocycles. The molecular weight excluding hydrogens is 398 g/mol. The number of amides is 2. The fraction of sp³-hybridized carbons (Fsp3) is 0.481.